The van der Waals surface area contributed by atoms with E-state index in [1.165, 1.54) is 32.4 Å². The molecule has 3 heteroatoms. The molecule has 2 heterocycles. The second-order valence-corrected chi connectivity index (χ2v) is 7.13. The van der Waals surface area contributed by atoms with Gasteiger partial charge >= 0.3 is 0 Å². The van der Waals surface area contributed by atoms with Gasteiger partial charge in [-0.1, -0.05) is 20.8 Å². The number of hydrogen-bond acceptors (Lipinski definition) is 3. The zero-order chi connectivity index (χ0) is 13.2. The highest BCUT2D eigenvalue weighted by Gasteiger charge is 2.34. The summed E-state index contributed by atoms with van der Waals surface area (Å²) in [6.07, 6.45) is 4.74. The maximum absolute atomic E-state index is 6.08. The van der Waals surface area contributed by atoms with Crippen LogP contribution < -0.4 is 5.32 Å². The second-order valence-electron chi connectivity index (χ2n) is 7.13. The molecule has 2 fully saturated rings. The number of likely N-dealkylation sites (tertiary alicyclic amines) is 1. The van der Waals surface area contributed by atoms with Crippen molar-refractivity contribution in [3.05, 3.63) is 0 Å². The van der Waals surface area contributed by atoms with Crippen molar-refractivity contribution in [2.24, 2.45) is 11.3 Å². The molecule has 2 saturated heterocycles. The van der Waals surface area contributed by atoms with Crippen LogP contribution in [0, 0.1) is 11.3 Å². The average Bonchev–Trinajstić information content (AvgIpc) is 2.88. The Labute approximate surface area is 112 Å². The maximum atomic E-state index is 6.08. The van der Waals surface area contributed by atoms with E-state index in [0.717, 1.165) is 19.0 Å². The number of hydrogen-bond donors (Lipinski definition) is 1. The highest BCUT2D eigenvalue weighted by molar-refractivity contribution is 4.86. The fraction of sp³-hybridized carbons (Fsp3) is 1.00. The Morgan fingerprint density at radius 2 is 1.89 bits per heavy atom. The molecule has 2 rings (SSSR count). The first-order valence-electron chi connectivity index (χ1n) is 7.51. The van der Waals surface area contributed by atoms with Crippen molar-refractivity contribution < 1.29 is 4.74 Å². The van der Waals surface area contributed by atoms with Crippen molar-refractivity contribution in [1.29, 1.82) is 0 Å². The summed E-state index contributed by atoms with van der Waals surface area (Å²) >= 11 is 0. The van der Waals surface area contributed by atoms with Crippen LogP contribution in [0.4, 0.5) is 0 Å². The van der Waals surface area contributed by atoms with Gasteiger partial charge in [0.15, 0.2) is 0 Å². The molecule has 2 aliphatic heterocycles. The minimum Gasteiger partial charge on any atom is -0.372 e. The predicted octanol–water partition coefficient (Wildman–Crippen LogP) is 2.12. The van der Waals surface area contributed by atoms with Gasteiger partial charge in [-0.2, -0.15) is 0 Å². The molecule has 18 heavy (non-hydrogen) atoms. The molecule has 0 spiro atoms. The average molecular weight is 254 g/mol. The van der Waals surface area contributed by atoms with Crippen LogP contribution in [0.25, 0.3) is 0 Å². The van der Waals surface area contributed by atoms with Gasteiger partial charge in [-0.3, -0.25) is 0 Å². The monoisotopic (exact) mass is 254 g/mol. The minimum atomic E-state index is 0.445. The van der Waals surface area contributed by atoms with Crippen molar-refractivity contribution in [2.75, 3.05) is 33.2 Å². The highest BCUT2D eigenvalue weighted by atomic mass is 16.5. The normalized spacial score (nSPS) is 34.3. The van der Waals surface area contributed by atoms with Crippen LogP contribution in [0.5, 0.6) is 0 Å². The summed E-state index contributed by atoms with van der Waals surface area (Å²) in [5.74, 6) is 0.854. The molecule has 3 nitrogen and oxygen atoms in total. The van der Waals surface area contributed by atoms with E-state index in [-0.39, 0.29) is 0 Å². The third kappa shape index (κ3) is 3.69. The molecule has 3 unspecified atom stereocenters. The lowest BCUT2D eigenvalue weighted by Gasteiger charge is -2.27. The molecule has 0 saturated carbocycles. The Hall–Kier alpha value is -0.120. The molecule has 0 bridgehead atoms. The molecule has 0 aromatic rings. The number of ether oxygens (including phenoxy) is 1. The van der Waals surface area contributed by atoms with Crippen molar-refractivity contribution in [1.82, 2.24) is 10.2 Å². The van der Waals surface area contributed by atoms with Gasteiger partial charge in [-0.25, -0.2) is 0 Å². The van der Waals surface area contributed by atoms with Crippen molar-refractivity contribution in [3.63, 3.8) is 0 Å². The largest absolute Gasteiger partial charge is 0.372 e. The number of nitrogens with zero attached hydrogens (tertiary/aromatic N) is 1. The molecule has 106 valence electrons. The van der Waals surface area contributed by atoms with E-state index in [1.807, 2.05) is 7.05 Å². The SMILES string of the molecule is CNCC1CCC(CN2CCC(C(C)(C)C)C2)O1. The lowest BCUT2D eigenvalue weighted by atomic mass is 9.80. The van der Waals surface area contributed by atoms with E-state index in [4.69, 9.17) is 4.74 Å². The van der Waals surface area contributed by atoms with E-state index in [1.54, 1.807) is 0 Å². The third-order valence-corrected chi connectivity index (χ3v) is 4.59. The van der Waals surface area contributed by atoms with E-state index in [2.05, 4.69) is 31.0 Å². The molecule has 2 aliphatic rings. The van der Waals surface area contributed by atoms with Crippen molar-refractivity contribution in [2.45, 2.75) is 52.2 Å². The molecule has 0 aliphatic carbocycles. The van der Waals surface area contributed by atoms with Gasteiger partial charge in [-0.15, -0.1) is 0 Å². The Bertz CT molecular complexity index is 262. The molecule has 1 N–H and O–H groups in total. The number of nitrogens with one attached hydrogen (secondary N) is 1. The van der Waals surface area contributed by atoms with E-state index in [9.17, 15) is 0 Å². The zero-order valence-corrected chi connectivity index (χ0v) is 12.5. The third-order valence-electron chi connectivity index (χ3n) is 4.59. The van der Waals surface area contributed by atoms with Crippen LogP contribution in [0.15, 0.2) is 0 Å². The van der Waals surface area contributed by atoms with Crippen molar-refractivity contribution in [3.8, 4) is 0 Å². The van der Waals surface area contributed by atoms with Gasteiger partial charge in [0.2, 0.25) is 0 Å². The molecule has 0 radical (unpaired) electrons. The summed E-state index contributed by atoms with van der Waals surface area (Å²) in [5, 5.41) is 3.21. The summed E-state index contributed by atoms with van der Waals surface area (Å²) in [6, 6.07) is 0. The van der Waals surface area contributed by atoms with Gasteiger partial charge in [0, 0.05) is 19.6 Å². The number of rotatable bonds is 4. The Morgan fingerprint density at radius 3 is 2.50 bits per heavy atom. The van der Waals surface area contributed by atoms with Gasteiger partial charge in [0.25, 0.3) is 0 Å². The topological polar surface area (TPSA) is 24.5 Å². The van der Waals surface area contributed by atoms with Gasteiger partial charge < -0.3 is 15.0 Å². The molecular formula is C15H30N2O. The summed E-state index contributed by atoms with van der Waals surface area (Å²) in [5.41, 5.74) is 0.458. The predicted molar refractivity (Wildman–Crippen MR) is 75.8 cm³/mol. The van der Waals surface area contributed by atoms with Crippen LogP contribution in [0.2, 0.25) is 0 Å². The zero-order valence-electron chi connectivity index (χ0n) is 12.5. The standard InChI is InChI=1S/C15H30N2O/c1-15(2,3)12-7-8-17(10-12)11-14-6-5-13(18-14)9-16-4/h12-14,16H,5-11H2,1-4H3. The lowest BCUT2D eigenvalue weighted by molar-refractivity contribution is 0.0268. The summed E-state index contributed by atoms with van der Waals surface area (Å²) in [6.45, 7) is 11.8. The molecule has 0 aromatic carbocycles. The first kappa shape index (κ1) is 14.3. The minimum absolute atomic E-state index is 0.445. The summed E-state index contributed by atoms with van der Waals surface area (Å²) in [4.78, 5) is 2.61. The molecule has 0 amide bonds. The molecule has 3 atom stereocenters. The lowest BCUT2D eigenvalue weighted by Crippen LogP contribution is -2.33. The van der Waals surface area contributed by atoms with E-state index in [0.29, 0.717) is 17.6 Å². The van der Waals surface area contributed by atoms with Gasteiger partial charge in [0.05, 0.1) is 12.2 Å². The first-order chi connectivity index (χ1) is 8.49. The van der Waals surface area contributed by atoms with Gasteiger partial charge in [-0.05, 0) is 44.2 Å². The van der Waals surface area contributed by atoms with E-state index < -0.39 is 0 Å². The van der Waals surface area contributed by atoms with Crippen LogP contribution in [-0.4, -0.2) is 50.3 Å². The fourth-order valence-electron chi connectivity index (χ4n) is 3.29. The highest BCUT2D eigenvalue weighted by Crippen LogP contribution is 2.34. The fourth-order valence-corrected chi connectivity index (χ4v) is 3.29. The van der Waals surface area contributed by atoms with Crippen molar-refractivity contribution >= 4 is 0 Å². The Kier molecular flexibility index (Phi) is 4.68. The van der Waals surface area contributed by atoms with Crippen LogP contribution in [0.3, 0.4) is 0 Å². The van der Waals surface area contributed by atoms with Crippen LogP contribution in [-0.2, 0) is 4.74 Å². The quantitative estimate of drug-likeness (QED) is 0.832. The summed E-state index contributed by atoms with van der Waals surface area (Å²) < 4.78 is 6.08. The van der Waals surface area contributed by atoms with Gasteiger partial charge in [0.1, 0.15) is 0 Å². The second kappa shape index (κ2) is 5.89. The molecule has 0 aromatic heterocycles. The Balaban J connectivity index is 1.72. The van der Waals surface area contributed by atoms with Crippen LogP contribution >= 0.6 is 0 Å². The van der Waals surface area contributed by atoms with Crippen LogP contribution in [0.1, 0.15) is 40.0 Å². The first-order valence-corrected chi connectivity index (χ1v) is 7.51. The smallest absolute Gasteiger partial charge is 0.0707 e. The summed E-state index contributed by atoms with van der Waals surface area (Å²) in [7, 11) is 2.01. The Morgan fingerprint density at radius 1 is 1.17 bits per heavy atom. The number of likely N-dealkylation sites (N-methyl/N-ethyl adjacent to an activating group) is 1. The molecular weight excluding hydrogens is 224 g/mol. The van der Waals surface area contributed by atoms with E-state index >= 15 is 0 Å². The maximum Gasteiger partial charge on any atom is 0.0707 e.